The van der Waals surface area contributed by atoms with Gasteiger partial charge < -0.3 is 5.32 Å². The van der Waals surface area contributed by atoms with E-state index in [1.807, 2.05) is 36.4 Å². The molecule has 4 rings (SSSR count). The minimum absolute atomic E-state index is 0.0170. The summed E-state index contributed by atoms with van der Waals surface area (Å²) < 4.78 is 0. The smallest absolute Gasteiger partial charge is 0.252 e. The van der Waals surface area contributed by atoms with Gasteiger partial charge in [0.05, 0.1) is 0 Å². The fourth-order valence-corrected chi connectivity index (χ4v) is 4.63. The third-order valence-corrected chi connectivity index (χ3v) is 6.09. The summed E-state index contributed by atoms with van der Waals surface area (Å²) in [4.78, 5) is 15.4. The van der Waals surface area contributed by atoms with Crippen LogP contribution in [0.25, 0.3) is 10.8 Å². The molecule has 1 N–H and O–H groups in total. The molecule has 2 fully saturated rings. The average Bonchev–Trinajstić information content (AvgIpc) is 3.11. The monoisotopic (exact) mass is 356 g/mol. The zero-order chi connectivity index (χ0) is 17.2. The van der Waals surface area contributed by atoms with E-state index in [4.69, 9.17) is 11.6 Å². The summed E-state index contributed by atoms with van der Waals surface area (Å²) in [5, 5.41) is 5.81. The second-order valence-corrected chi connectivity index (χ2v) is 7.79. The van der Waals surface area contributed by atoms with E-state index in [2.05, 4.69) is 10.2 Å². The average molecular weight is 357 g/mol. The van der Waals surface area contributed by atoms with Crippen LogP contribution >= 0.6 is 11.6 Å². The van der Waals surface area contributed by atoms with Gasteiger partial charge >= 0.3 is 0 Å². The number of carbonyl (C=O) groups excluding carboxylic acids is 1. The molecule has 132 valence electrons. The van der Waals surface area contributed by atoms with E-state index in [0.29, 0.717) is 5.02 Å². The second kappa shape index (κ2) is 7.35. The van der Waals surface area contributed by atoms with E-state index < -0.39 is 0 Å². The molecule has 1 unspecified atom stereocenters. The molecule has 3 nitrogen and oxygen atoms in total. The molecule has 1 saturated heterocycles. The predicted molar refractivity (Wildman–Crippen MR) is 103 cm³/mol. The van der Waals surface area contributed by atoms with Crippen LogP contribution in [0.4, 0.5) is 0 Å². The fraction of sp³-hybridized carbons (Fsp3) is 0.476. The molecule has 1 amide bonds. The number of likely N-dealkylation sites (tertiary alicyclic amines) is 1. The van der Waals surface area contributed by atoms with E-state index in [9.17, 15) is 4.79 Å². The van der Waals surface area contributed by atoms with Crippen molar-refractivity contribution in [2.75, 3.05) is 13.1 Å². The quantitative estimate of drug-likeness (QED) is 0.869. The maximum atomic E-state index is 12.8. The Kier molecular flexibility index (Phi) is 4.96. The highest BCUT2D eigenvalue weighted by atomic mass is 35.5. The molecule has 1 saturated carbocycles. The van der Waals surface area contributed by atoms with Crippen LogP contribution in [0.3, 0.4) is 0 Å². The summed E-state index contributed by atoms with van der Waals surface area (Å²) in [5.41, 5.74) is 0.719. The van der Waals surface area contributed by atoms with Crippen LogP contribution in [0.1, 0.15) is 48.9 Å². The number of benzene rings is 2. The van der Waals surface area contributed by atoms with Gasteiger partial charge in [-0.2, -0.15) is 0 Å². The molecule has 0 radical (unpaired) electrons. The Morgan fingerprint density at radius 1 is 1.00 bits per heavy atom. The molecule has 4 heteroatoms. The SMILES string of the molecule is O=C(NC1CCN(C2CCCCC2)C1)c1ccc(Cl)c2ccccc12. The van der Waals surface area contributed by atoms with Crippen LogP contribution in [0.2, 0.25) is 5.02 Å². The van der Waals surface area contributed by atoms with Crippen LogP contribution in [0.5, 0.6) is 0 Å². The molecule has 2 aromatic carbocycles. The third kappa shape index (κ3) is 3.54. The Morgan fingerprint density at radius 2 is 1.76 bits per heavy atom. The van der Waals surface area contributed by atoms with E-state index in [0.717, 1.165) is 41.9 Å². The molecule has 1 heterocycles. The van der Waals surface area contributed by atoms with Crippen molar-refractivity contribution in [2.45, 2.75) is 50.6 Å². The molecule has 1 atom stereocenters. The van der Waals surface area contributed by atoms with Crippen molar-refractivity contribution in [1.29, 1.82) is 0 Å². The van der Waals surface area contributed by atoms with Gasteiger partial charge in [0, 0.05) is 41.1 Å². The molecule has 2 aliphatic rings. The highest BCUT2D eigenvalue weighted by molar-refractivity contribution is 6.36. The van der Waals surface area contributed by atoms with E-state index >= 15 is 0 Å². The lowest BCUT2D eigenvalue weighted by atomic mass is 9.94. The number of hydrogen-bond donors (Lipinski definition) is 1. The standard InChI is InChI=1S/C21H25ClN2O/c22-20-11-10-19(17-8-4-5-9-18(17)20)21(25)23-15-12-13-24(14-15)16-6-2-1-3-7-16/h4-5,8-11,15-16H,1-3,6-7,12-14H2,(H,23,25). The number of nitrogens with one attached hydrogen (secondary N) is 1. The van der Waals surface area contributed by atoms with Crippen molar-refractivity contribution in [3.05, 3.63) is 47.0 Å². The lowest BCUT2D eigenvalue weighted by molar-refractivity contribution is 0.0936. The number of fused-ring (bicyclic) bond motifs is 1. The molecule has 0 bridgehead atoms. The zero-order valence-corrected chi connectivity index (χ0v) is 15.3. The Balaban J connectivity index is 1.45. The van der Waals surface area contributed by atoms with Gasteiger partial charge in [-0.05, 0) is 36.8 Å². The van der Waals surface area contributed by atoms with Crippen LogP contribution in [0, 0.1) is 0 Å². The van der Waals surface area contributed by atoms with Crippen molar-refractivity contribution >= 4 is 28.3 Å². The van der Waals surface area contributed by atoms with E-state index in [1.165, 1.54) is 32.1 Å². The minimum atomic E-state index is 0.0170. The fourth-order valence-electron chi connectivity index (χ4n) is 4.41. The first-order valence-electron chi connectivity index (χ1n) is 9.44. The van der Waals surface area contributed by atoms with Crippen LogP contribution in [-0.2, 0) is 0 Å². The molecule has 1 aliphatic heterocycles. The molecule has 0 aromatic heterocycles. The summed E-state index contributed by atoms with van der Waals surface area (Å²) >= 11 is 6.27. The molecule has 1 aliphatic carbocycles. The van der Waals surface area contributed by atoms with Crippen molar-refractivity contribution in [1.82, 2.24) is 10.2 Å². The van der Waals surface area contributed by atoms with Crippen molar-refractivity contribution in [3.63, 3.8) is 0 Å². The largest absolute Gasteiger partial charge is 0.348 e. The number of nitrogens with zero attached hydrogens (tertiary/aromatic N) is 1. The van der Waals surface area contributed by atoms with E-state index in [-0.39, 0.29) is 11.9 Å². The lowest BCUT2D eigenvalue weighted by Gasteiger charge is -2.31. The molecule has 25 heavy (non-hydrogen) atoms. The van der Waals surface area contributed by atoms with Gasteiger partial charge in [-0.3, -0.25) is 9.69 Å². The summed E-state index contributed by atoms with van der Waals surface area (Å²) in [5.74, 6) is 0.0170. The third-order valence-electron chi connectivity index (χ3n) is 5.76. The summed E-state index contributed by atoms with van der Waals surface area (Å²) in [6, 6.07) is 12.5. The van der Waals surface area contributed by atoms with Gasteiger partial charge in [0.25, 0.3) is 5.91 Å². The first-order chi connectivity index (χ1) is 12.2. The number of amides is 1. The van der Waals surface area contributed by atoms with Crippen LogP contribution < -0.4 is 5.32 Å². The topological polar surface area (TPSA) is 32.3 Å². The van der Waals surface area contributed by atoms with Crippen LogP contribution in [0.15, 0.2) is 36.4 Å². The maximum absolute atomic E-state index is 12.8. The highest BCUT2D eigenvalue weighted by Crippen LogP contribution is 2.28. The van der Waals surface area contributed by atoms with E-state index in [1.54, 1.807) is 0 Å². The van der Waals surface area contributed by atoms with Gasteiger partial charge in [0.1, 0.15) is 0 Å². The summed E-state index contributed by atoms with van der Waals surface area (Å²) in [7, 11) is 0. The maximum Gasteiger partial charge on any atom is 0.252 e. The number of hydrogen-bond acceptors (Lipinski definition) is 2. The Morgan fingerprint density at radius 3 is 2.56 bits per heavy atom. The number of carbonyl (C=O) groups is 1. The summed E-state index contributed by atoms with van der Waals surface area (Å²) in [6.07, 6.45) is 7.79. The van der Waals surface area contributed by atoms with Crippen molar-refractivity contribution in [3.8, 4) is 0 Å². The first kappa shape index (κ1) is 16.9. The Hall–Kier alpha value is -1.58. The Labute approximate surface area is 154 Å². The van der Waals surface area contributed by atoms with Crippen molar-refractivity contribution < 1.29 is 4.79 Å². The van der Waals surface area contributed by atoms with Crippen LogP contribution in [-0.4, -0.2) is 36.0 Å². The molecule has 2 aromatic rings. The summed E-state index contributed by atoms with van der Waals surface area (Å²) in [6.45, 7) is 2.10. The Bertz CT molecular complexity index is 770. The number of rotatable bonds is 3. The minimum Gasteiger partial charge on any atom is -0.348 e. The zero-order valence-electron chi connectivity index (χ0n) is 14.5. The first-order valence-corrected chi connectivity index (χ1v) is 9.82. The van der Waals surface area contributed by atoms with Gasteiger partial charge in [0.15, 0.2) is 0 Å². The molecular weight excluding hydrogens is 332 g/mol. The predicted octanol–water partition coefficient (Wildman–Crippen LogP) is 4.63. The van der Waals surface area contributed by atoms with Gasteiger partial charge in [-0.25, -0.2) is 0 Å². The van der Waals surface area contributed by atoms with Crippen molar-refractivity contribution in [2.24, 2.45) is 0 Å². The van der Waals surface area contributed by atoms with Gasteiger partial charge in [-0.1, -0.05) is 55.1 Å². The lowest BCUT2D eigenvalue weighted by Crippen LogP contribution is -2.40. The van der Waals surface area contributed by atoms with Gasteiger partial charge in [-0.15, -0.1) is 0 Å². The number of halogens is 1. The highest BCUT2D eigenvalue weighted by Gasteiger charge is 2.30. The molecule has 0 spiro atoms. The normalized spacial score (nSPS) is 22.4. The van der Waals surface area contributed by atoms with Gasteiger partial charge in [0.2, 0.25) is 0 Å². The second-order valence-electron chi connectivity index (χ2n) is 7.39. The molecular formula is C21H25ClN2O.